The summed E-state index contributed by atoms with van der Waals surface area (Å²) >= 11 is 0. The molecule has 0 heterocycles. The highest BCUT2D eigenvalue weighted by molar-refractivity contribution is 4.72. The van der Waals surface area contributed by atoms with Gasteiger partial charge in [-0.15, -0.1) is 0 Å². The summed E-state index contributed by atoms with van der Waals surface area (Å²) in [6.07, 6.45) is 7.24. The van der Waals surface area contributed by atoms with E-state index in [2.05, 4.69) is 18.9 Å². The lowest BCUT2D eigenvalue weighted by Crippen LogP contribution is -2.32. The highest BCUT2D eigenvalue weighted by atomic mass is 16.0. The van der Waals surface area contributed by atoms with Crippen molar-refractivity contribution in [3.8, 4) is 0 Å². The minimum absolute atomic E-state index is 0. The van der Waals surface area contributed by atoms with E-state index in [0.29, 0.717) is 0 Å². The molecular formula is C9H21NO. The van der Waals surface area contributed by atoms with Crippen LogP contribution in [0.25, 0.3) is 0 Å². The van der Waals surface area contributed by atoms with Gasteiger partial charge < -0.3 is 10.4 Å². The summed E-state index contributed by atoms with van der Waals surface area (Å²) in [7, 11) is 2.25. The average Bonchev–Trinajstić information content (AvgIpc) is 2.05. The molecule has 2 N–H and O–H groups in total. The van der Waals surface area contributed by atoms with E-state index in [1.54, 1.807) is 0 Å². The summed E-state index contributed by atoms with van der Waals surface area (Å²) in [6.45, 7) is 3.46. The van der Waals surface area contributed by atoms with Crippen LogP contribution in [0.1, 0.15) is 39.0 Å². The van der Waals surface area contributed by atoms with E-state index in [0.717, 1.165) is 6.04 Å². The highest BCUT2D eigenvalue weighted by Crippen LogP contribution is 2.20. The lowest BCUT2D eigenvalue weighted by atomic mass is 9.95. The van der Waals surface area contributed by atoms with Crippen molar-refractivity contribution in [1.29, 1.82) is 0 Å². The van der Waals surface area contributed by atoms with Crippen molar-refractivity contribution >= 4 is 0 Å². The van der Waals surface area contributed by atoms with Crippen LogP contribution in [0.5, 0.6) is 0 Å². The van der Waals surface area contributed by atoms with Crippen molar-refractivity contribution in [2.24, 2.45) is 0 Å². The second-order valence-electron chi connectivity index (χ2n) is 3.37. The van der Waals surface area contributed by atoms with Gasteiger partial charge in [-0.2, -0.15) is 0 Å². The van der Waals surface area contributed by atoms with Crippen LogP contribution in [0.2, 0.25) is 0 Å². The molecule has 0 radical (unpaired) electrons. The molecule has 0 aromatic heterocycles. The first-order chi connectivity index (χ1) is 4.84. The Labute approximate surface area is 69.9 Å². The maximum absolute atomic E-state index is 2.49. The third-order valence-electron chi connectivity index (χ3n) is 2.70. The fourth-order valence-electron chi connectivity index (χ4n) is 1.78. The molecule has 68 valence electrons. The summed E-state index contributed by atoms with van der Waals surface area (Å²) in [5.74, 6) is 0. The molecule has 0 amide bonds. The zero-order valence-corrected chi connectivity index (χ0v) is 7.77. The van der Waals surface area contributed by atoms with E-state index in [1.807, 2.05) is 0 Å². The number of hydrogen-bond donors (Lipinski definition) is 0. The quantitative estimate of drug-likeness (QED) is 0.600. The lowest BCUT2D eigenvalue weighted by molar-refractivity contribution is 0.200. The van der Waals surface area contributed by atoms with Gasteiger partial charge in [0.05, 0.1) is 0 Å². The summed E-state index contributed by atoms with van der Waals surface area (Å²) in [6, 6.07) is 0.902. The first-order valence-electron chi connectivity index (χ1n) is 4.55. The smallest absolute Gasteiger partial charge is 0.00920 e. The summed E-state index contributed by atoms with van der Waals surface area (Å²) < 4.78 is 0. The van der Waals surface area contributed by atoms with Gasteiger partial charge >= 0.3 is 0 Å². The molecule has 0 aromatic carbocycles. The van der Waals surface area contributed by atoms with E-state index < -0.39 is 0 Å². The third kappa shape index (κ3) is 3.21. The van der Waals surface area contributed by atoms with Crippen LogP contribution in [0.15, 0.2) is 0 Å². The Kier molecular flexibility index (Phi) is 5.51. The molecule has 2 nitrogen and oxygen atoms in total. The largest absolute Gasteiger partial charge is 0.412 e. The Morgan fingerprint density at radius 1 is 1.18 bits per heavy atom. The van der Waals surface area contributed by atoms with Crippen molar-refractivity contribution in [1.82, 2.24) is 4.90 Å². The highest BCUT2D eigenvalue weighted by Gasteiger charge is 2.15. The van der Waals surface area contributed by atoms with Crippen LogP contribution in [0.3, 0.4) is 0 Å². The lowest BCUT2D eigenvalue weighted by Gasteiger charge is -2.29. The predicted octanol–water partition coefficient (Wildman–Crippen LogP) is 1.45. The van der Waals surface area contributed by atoms with Gasteiger partial charge in [-0.05, 0) is 26.4 Å². The molecule has 0 unspecified atom stereocenters. The zero-order valence-electron chi connectivity index (χ0n) is 7.77. The van der Waals surface area contributed by atoms with Crippen molar-refractivity contribution in [2.45, 2.75) is 45.1 Å². The molecule has 0 spiro atoms. The van der Waals surface area contributed by atoms with Gasteiger partial charge in [0.15, 0.2) is 0 Å². The van der Waals surface area contributed by atoms with E-state index in [1.165, 1.54) is 38.6 Å². The van der Waals surface area contributed by atoms with E-state index >= 15 is 0 Å². The first-order valence-corrected chi connectivity index (χ1v) is 4.55. The van der Waals surface area contributed by atoms with Gasteiger partial charge in [0.1, 0.15) is 0 Å². The van der Waals surface area contributed by atoms with Crippen LogP contribution in [-0.4, -0.2) is 30.0 Å². The van der Waals surface area contributed by atoms with E-state index in [9.17, 15) is 0 Å². The van der Waals surface area contributed by atoms with Crippen molar-refractivity contribution < 1.29 is 5.48 Å². The molecule has 1 aliphatic rings. The summed E-state index contributed by atoms with van der Waals surface area (Å²) in [5.41, 5.74) is 0. The molecule has 0 atom stereocenters. The van der Waals surface area contributed by atoms with E-state index in [-0.39, 0.29) is 5.48 Å². The molecular weight excluding hydrogens is 138 g/mol. The van der Waals surface area contributed by atoms with Gasteiger partial charge in [0.2, 0.25) is 0 Å². The van der Waals surface area contributed by atoms with Crippen LogP contribution in [0, 0.1) is 0 Å². The maximum atomic E-state index is 2.49. The molecule has 1 saturated carbocycles. The maximum Gasteiger partial charge on any atom is 0.00920 e. The van der Waals surface area contributed by atoms with Crippen LogP contribution in [-0.2, 0) is 0 Å². The molecule has 0 aromatic rings. The molecule has 11 heavy (non-hydrogen) atoms. The Bertz CT molecular complexity index is 89.6. The van der Waals surface area contributed by atoms with Crippen molar-refractivity contribution in [2.75, 3.05) is 13.6 Å². The zero-order chi connectivity index (χ0) is 7.40. The number of nitrogens with zero attached hydrogens (tertiary/aromatic N) is 1. The number of hydrogen-bond acceptors (Lipinski definition) is 1. The average molecular weight is 159 g/mol. The van der Waals surface area contributed by atoms with Crippen LogP contribution >= 0.6 is 0 Å². The molecule has 0 saturated heterocycles. The normalized spacial score (nSPS) is 19.9. The minimum Gasteiger partial charge on any atom is -0.412 e. The molecule has 2 heteroatoms. The summed E-state index contributed by atoms with van der Waals surface area (Å²) in [4.78, 5) is 2.49. The Hall–Kier alpha value is -0.0800. The fraction of sp³-hybridized carbons (Fsp3) is 1.00. The minimum atomic E-state index is 0. The Morgan fingerprint density at radius 2 is 1.73 bits per heavy atom. The molecule has 0 bridgehead atoms. The molecule has 0 aliphatic heterocycles. The second-order valence-corrected chi connectivity index (χ2v) is 3.37. The predicted molar refractivity (Wildman–Crippen MR) is 48.8 cm³/mol. The standard InChI is InChI=1S/C9H19N.H2O/c1-3-10(2)9-7-5-4-6-8-9;/h9H,3-8H2,1-2H3;1H2. The third-order valence-corrected chi connectivity index (χ3v) is 2.70. The van der Waals surface area contributed by atoms with Crippen LogP contribution < -0.4 is 0 Å². The van der Waals surface area contributed by atoms with Gasteiger partial charge in [-0.3, -0.25) is 0 Å². The van der Waals surface area contributed by atoms with Gasteiger partial charge in [0, 0.05) is 6.04 Å². The van der Waals surface area contributed by atoms with Crippen molar-refractivity contribution in [3.05, 3.63) is 0 Å². The molecule has 1 fully saturated rings. The summed E-state index contributed by atoms with van der Waals surface area (Å²) in [5, 5.41) is 0. The topological polar surface area (TPSA) is 34.7 Å². The second kappa shape index (κ2) is 5.56. The SMILES string of the molecule is CCN(C)C1CCCCC1.O. The van der Waals surface area contributed by atoms with E-state index in [4.69, 9.17) is 0 Å². The van der Waals surface area contributed by atoms with Gasteiger partial charge in [-0.1, -0.05) is 26.2 Å². The molecule has 1 aliphatic carbocycles. The van der Waals surface area contributed by atoms with Gasteiger partial charge in [0.25, 0.3) is 0 Å². The first kappa shape index (κ1) is 10.9. The monoisotopic (exact) mass is 159 g/mol. The van der Waals surface area contributed by atoms with Crippen LogP contribution in [0.4, 0.5) is 0 Å². The molecule has 1 rings (SSSR count). The van der Waals surface area contributed by atoms with Crippen molar-refractivity contribution in [3.63, 3.8) is 0 Å². The Morgan fingerprint density at radius 3 is 2.18 bits per heavy atom. The Balaban J connectivity index is 0.000001000. The number of rotatable bonds is 2. The fourth-order valence-corrected chi connectivity index (χ4v) is 1.78. The van der Waals surface area contributed by atoms with Gasteiger partial charge in [-0.25, -0.2) is 0 Å².